The first-order chi connectivity index (χ1) is 11.8. The second-order valence-electron chi connectivity index (χ2n) is 5.92. The fourth-order valence-electron chi connectivity index (χ4n) is 3.03. The van der Waals surface area contributed by atoms with E-state index in [-0.39, 0.29) is 17.6 Å². The van der Waals surface area contributed by atoms with E-state index in [4.69, 9.17) is 14.0 Å². The van der Waals surface area contributed by atoms with Gasteiger partial charge in [0.05, 0.1) is 6.04 Å². The van der Waals surface area contributed by atoms with E-state index in [0.717, 1.165) is 31.6 Å². The summed E-state index contributed by atoms with van der Waals surface area (Å²) >= 11 is 0. The summed E-state index contributed by atoms with van der Waals surface area (Å²) in [6.45, 7) is 1.75. The van der Waals surface area contributed by atoms with Crippen LogP contribution in [-0.4, -0.2) is 31.4 Å². The molecule has 1 aromatic carbocycles. The molecule has 1 aliphatic rings. The van der Waals surface area contributed by atoms with Gasteiger partial charge in [-0.15, -0.1) is 0 Å². The van der Waals surface area contributed by atoms with Crippen LogP contribution in [0.25, 0.3) is 0 Å². The number of aromatic nitrogens is 1. The number of hydrogen-bond acceptors (Lipinski definition) is 5. The summed E-state index contributed by atoms with van der Waals surface area (Å²) in [5.74, 6) is 0.641. The third-order valence-electron chi connectivity index (χ3n) is 4.26. The van der Waals surface area contributed by atoms with Crippen LogP contribution in [0.3, 0.4) is 0 Å². The van der Waals surface area contributed by atoms with Gasteiger partial charge in [-0.2, -0.15) is 0 Å². The Morgan fingerprint density at radius 2 is 2.08 bits per heavy atom. The van der Waals surface area contributed by atoms with Crippen LogP contribution in [0.2, 0.25) is 0 Å². The first-order valence-corrected chi connectivity index (χ1v) is 8.16. The molecule has 0 saturated carbocycles. The third kappa shape index (κ3) is 4.01. The van der Waals surface area contributed by atoms with Crippen molar-refractivity contribution < 1.29 is 18.8 Å². The number of carbonyl (C=O) groups excluding carboxylic acids is 1. The molecule has 1 unspecified atom stereocenters. The molecule has 1 N–H and O–H groups in total. The highest BCUT2D eigenvalue weighted by atomic mass is 16.5. The SMILES string of the molecule is COCc1cc(C(=O)NC(c2ccccc2)C2CCOCC2)no1. The van der Waals surface area contributed by atoms with Gasteiger partial charge in [-0.3, -0.25) is 4.79 Å². The first-order valence-electron chi connectivity index (χ1n) is 8.16. The summed E-state index contributed by atoms with van der Waals surface area (Å²) in [5.41, 5.74) is 1.37. The second-order valence-corrected chi connectivity index (χ2v) is 5.92. The molecule has 1 aromatic heterocycles. The van der Waals surface area contributed by atoms with Crippen molar-refractivity contribution in [3.63, 3.8) is 0 Å². The monoisotopic (exact) mass is 330 g/mol. The van der Waals surface area contributed by atoms with E-state index in [1.165, 1.54) is 0 Å². The Morgan fingerprint density at radius 1 is 1.33 bits per heavy atom. The fraction of sp³-hybridized carbons (Fsp3) is 0.444. The Bertz CT molecular complexity index is 650. The van der Waals surface area contributed by atoms with Crippen LogP contribution in [-0.2, 0) is 16.1 Å². The molecule has 2 aromatic rings. The molecular formula is C18H22N2O4. The molecule has 6 heteroatoms. The molecule has 0 aliphatic carbocycles. The van der Waals surface area contributed by atoms with Crippen molar-refractivity contribution in [2.45, 2.75) is 25.5 Å². The minimum atomic E-state index is -0.235. The summed E-state index contributed by atoms with van der Waals surface area (Å²) in [4.78, 5) is 12.6. The normalized spacial score (nSPS) is 16.7. The van der Waals surface area contributed by atoms with Gasteiger partial charge in [0.2, 0.25) is 0 Å². The molecule has 6 nitrogen and oxygen atoms in total. The molecule has 1 amide bonds. The van der Waals surface area contributed by atoms with Gasteiger partial charge in [0.25, 0.3) is 5.91 Å². The first kappa shape index (κ1) is 16.7. The number of methoxy groups -OCH3 is 1. The molecule has 2 heterocycles. The summed E-state index contributed by atoms with van der Waals surface area (Å²) in [5, 5.41) is 6.95. The van der Waals surface area contributed by atoms with Gasteiger partial charge in [-0.05, 0) is 24.3 Å². The van der Waals surface area contributed by atoms with Crippen molar-refractivity contribution in [1.29, 1.82) is 0 Å². The van der Waals surface area contributed by atoms with E-state index in [2.05, 4.69) is 10.5 Å². The molecule has 24 heavy (non-hydrogen) atoms. The molecule has 0 radical (unpaired) electrons. The minimum Gasteiger partial charge on any atom is -0.381 e. The molecule has 0 spiro atoms. The molecule has 128 valence electrons. The van der Waals surface area contributed by atoms with E-state index in [1.54, 1.807) is 13.2 Å². The van der Waals surface area contributed by atoms with Crippen molar-refractivity contribution in [2.75, 3.05) is 20.3 Å². The van der Waals surface area contributed by atoms with E-state index in [1.807, 2.05) is 30.3 Å². The predicted octanol–water partition coefficient (Wildman–Crippen LogP) is 2.72. The van der Waals surface area contributed by atoms with Gasteiger partial charge in [0, 0.05) is 26.4 Å². The van der Waals surface area contributed by atoms with E-state index in [0.29, 0.717) is 18.3 Å². The van der Waals surface area contributed by atoms with Crippen LogP contribution in [0.4, 0.5) is 0 Å². The van der Waals surface area contributed by atoms with Crippen LogP contribution in [0, 0.1) is 5.92 Å². The third-order valence-corrected chi connectivity index (χ3v) is 4.26. The minimum absolute atomic E-state index is 0.0647. The standard InChI is InChI=1S/C18H22N2O4/c1-22-12-15-11-16(20-24-15)18(21)19-17(13-5-3-2-4-6-13)14-7-9-23-10-8-14/h2-6,11,14,17H,7-10,12H2,1H3,(H,19,21). The van der Waals surface area contributed by atoms with Crippen LogP contribution in [0.1, 0.15) is 40.7 Å². The van der Waals surface area contributed by atoms with Gasteiger partial charge >= 0.3 is 0 Å². The molecule has 1 fully saturated rings. The highest BCUT2D eigenvalue weighted by Gasteiger charge is 2.28. The predicted molar refractivity (Wildman–Crippen MR) is 87.4 cm³/mol. The van der Waals surface area contributed by atoms with Crippen molar-refractivity contribution in [2.24, 2.45) is 5.92 Å². The number of amides is 1. The highest BCUT2D eigenvalue weighted by Crippen LogP contribution is 2.30. The lowest BCUT2D eigenvalue weighted by Gasteiger charge is -2.31. The maximum atomic E-state index is 12.6. The van der Waals surface area contributed by atoms with Gasteiger partial charge < -0.3 is 19.3 Å². The number of ether oxygens (including phenoxy) is 2. The quantitative estimate of drug-likeness (QED) is 0.881. The van der Waals surface area contributed by atoms with Gasteiger partial charge in [-0.25, -0.2) is 0 Å². The molecule has 1 atom stereocenters. The Labute approximate surface area is 141 Å². The van der Waals surface area contributed by atoms with Crippen LogP contribution < -0.4 is 5.32 Å². The summed E-state index contributed by atoms with van der Waals surface area (Å²) < 4.78 is 15.5. The zero-order valence-corrected chi connectivity index (χ0v) is 13.7. The summed E-state index contributed by atoms with van der Waals surface area (Å²) in [6, 6.07) is 11.6. The maximum absolute atomic E-state index is 12.6. The number of carbonyl (C=O) groups is 1. The highest BCUT2D eigenvalue weighted by molar-refractivity contribution is 5.92. The second kappa shape index (κ2) is 8.08. The molecule has 1 aliphatic heterocycles. The van der Waals surface area contributed by atoms with Crippen LogP contribution >= 0.6 is 0 Å². The molecular weight excluding hydrogens is 308 g/mol. The average Bonchev–Trinajstić information content (AvgIpc) is 3.10. The fourth-order valence-corrected chi connectivity index (χ4v) is 3.03. The Kier molecular flexibility index (Phi) is 5.61. The van der Waals surface area contributed by atoms with Crippen molar-refractivity contribution in [3.8, 4) is 0 Å². The van der Waals surface area contributed by atoms with Gasteiger partial charge in [-0.1, -0.05) is 35.5 Å². The zero-order chi connectivity index (χ0) is 16.8. The average molecular weight is 330 g/mol. The van der Waals surface area contributed by atoms with Gasteiger partial charge in [0.1, 0.15) is 6.61 Å². The summed E-state index contributed by atoms with van der Waals surface area (Å²) in [6.07, 6.45) is 1.85. The van der Waals surface area contributed by atoms with Crippen molar-refractivity contribution >= 4 is 5.91 Å². The number of benzene rings is 1. The Hall–Kier alpha value is -2.18. The Balaban J connectivity index is 1.76. The smallest absolute Gasteiger partial charge is 0.273 e. The summed E-state index contributed by atoms with van der Waals surface area (Å²) in [7, 11) is 1.57. The van der Waals surface area contributed by atoms with E-state index in [9.17, 15) is 4.79 Å². The molecule has 3 rings (SSSR count). The Morgan fingerprint density at radius 3 is 2.79 bits per heavy atom. The van der Waals surface area contributed by atoms with E-state index < -0.39 is 0 Å². The van der Waals surface area contributed by atoms with E-state index >= 15 is 0 Å². The number of hydrogen-bond donors (Lipinski definition) is 1. The lowest BCUT2D eigenvalue weighted by molar-refractivity contribution is 0.0512. The van der Waals surface area contributed by atoms with Crippen molar-refractivity contribution in [1.82, 2.24) is 10.5 Å². The van der Waals surface area contributed by atoms with Gasteiger partial charge in [0.15, 0.2) is 11.5 Å². The zero-order valence-electron chi connectivity index (χ0n) is 13.7. The lowest BCUT2D eigenvalue weighted by Crippen LogP contribution is -2.36. The van der Waals surface area contributed by atoms with Crippen LogP contribution in [0.5, 0.6) is 0 Å². The van der Waals surface area contributed by atoms with Crippen LogP contribution in [0.15, 0.2) is 40.9 Å². The number of nitrogens with zero attached hydrogens (tertiary/aromatic N) is 1. The molecule has 1 saturated heterocycles. The topological polar surface area (TPSA) is 73.6 Å². The van der Waals surface area contributed by atoms with Crippen molar-refractivity contribution in [3.05, 3.63) is 53.4 Å². The molecule has 0 bridgehead atoms. The largest absolute Gasteiger partial charge is 0.381 e. The number of nitrogens with one attached hydrogen (secondary N) is 1. The number of rotatable bonds is 6. The lowest BCUT2D eigenvalue weighted by atomic mass is 9.87. The maximum Gasteiger partial charge on any atom is 0.273 e.